The Hall–Kier alpha value is -2.24. The fourth-order valence-corrected chi connectivity index (χ4v) is 2.53. The van der Waals surface area contributed by atoms with Crippen molar-refractivity contribution in [1.29, 1.82) is 0 Å². The van der Waals surface area contributed by atoms with Crippen molar-refractivity contribution in [2.24, 2.45) is 5.41 Å². The van der Waals surface area contributed by atoms with E-state index >= 15 is 0 Å². The Balaban J connectivity index is 2.21. The van der Waals surface area contributed by atoms with Crippen molar-refractivity contribution in [2.75, 3.05) is 6.61 Å². The second-order valence-corrected chi connectivity index (χ2v) is 4.91. The van der Waals surface area contributed by atoms with Crippen LogP contribution >= 0.6 is 0 Å². The minimum Gasteiger partial charge on any atom is -0.465 e. The van der Waals surface area contributed by atoms with Gasteiger partial charge in [0, 0.05) is 18.1 Å². The average molecular weight is 277 g/mol. The van der Waals surface area contributed by atoms with Crippen LogP contribution in [0.5, 0.6) is 0 Å². The maximum absolute atomic E-state index is 11.8. The average Bonchev–Trinajstić information content (AvgIpc) is 2.79. The van der Waals surface area contributed by atoms with Gasteiger partial charge in [-0.25, -0.2) is 0 Å². The van der Waals surface area contributed by atoms with E-state index in [0.717, 1.165) is 0 Å². The number of hydrogen-bond acceptors (Lipinski definition) is 5. The van der Waals surface area contributed by atoms with Gasteiger partial charge in [0.25, 0.3) is 5.69 Å². The van der Waals surface area contributed by atoms with Crippen LogP contribution < -0.4 is 0 Å². The highest BCUT2D eigenvalue weighted by Crippen LogP contribution is 2.37. The van der Waals surface area contributed by atoms with Crippen LogP contribution in [-0.2, 0) is 20.7 Å². The summed E-state index contributed by atoms with van der Waals surface area (Å²) in [6, 6.07) is 6.36. The Morgan fingerprint density at radius 2 is 2.15 bits per heavy atom. The van der Waals surface area contributed by atoms with Gasteiger partial charge in [0.2, 0.25) is 0 Å². The number of aryl methyl sites for hydroxylation is 1. The molecule has 1 aliphatic rings. The zero-order chi connectivity index (χ0) is 14.8. The lowest BCUT2D eigenvalue weighted by Crippen LogP contribution is -2.34. The third-order valence-electron chi connectivity index (χ3n) is 3.84. The normalized spacial score (nSPS) is 21.6. The third-order valence-corrected chi connectivity index (χ3v) is 3.84. The number of carbonyl (C=O) groups excluding carboxylic acids is 2. The second-order valence-electron chi connectivity index (χ2n) is 4.91. The van der Waals surface area contributed by atoms with E-state index in [2.05, 4.69) is 0 Å². The number of Topliss-reactive ketones (excluding diaryl/α,β-unsaturated/α-hetero) is 1. The molecule has 1 aliphatic heterocycles. The first-order chi connectivity index (χ1) is 9.47. The molecule has 106 valence electrons. The Morgan fingerprint density at radius 1 is 1.45 bits per heavy atom. The van der Waals surface area contributed by atoms with E-state index in [1.54, 1.807) is 18.2 Å². The molecule has 0 bridgehead atoms. The minimum absolute atomic E-state index is 0.0116. The molecule has 6 nitrogen and oxygen atoms in total. The number of nitro benzene ring substituents is 1. The highest BCUT2D eigenvalue weighted by atomic mass is 16.6. The molecule has 1 heterocycles. The van der Waals surface area contributed by atoms with Crippen molar-refractivity contribution < 1.29 is 19.2 Å². The van der Waals surface area contributed by atoms with Crippen LogP contribution in [-0.4, -0.2) is 23.3 Å². The van der Waals surface area contributed by atoms with Gasteiger partial charge >= 0.3 is 5.97 Å². The molecule has 0 N–H and O–H groups in total. The molecule has 6 heteroatoms. The smallest absolute Gasteiger partial charge is 0.319 e. The van der Waals surface area contributed by atoms with E-state index in [0.29, 0.717) is 18.4 Å². The Bertz CT molecular complexity index is 568. The molecule has 0 amide bonds. The van der Waals surface area contributed by atoms with Gasteiger partial charge in [-0.1, -0.05) is 18.2 Å². The van der Waals surface area contributed by atoms with E-state index in [9.17, 15) is 19.7 Å². The Morgan fingerprint density at radius 3 is 2.70 bits per heavy atom. The van der Waals surface area contributed by atoms with Crippen LogP contribution in [0, 0.1) is 15.5 Å². The largest absolute Gasteiger partial charge is 0.465 e. The van der Waals surface area contributed by atoms with E-state index in [-0.39, 0.29) is 24.5 Å². The van der Waals surface area contributed by atoms with Crippen molar-refractivity contribution in [2.45, 2.75) is 26.2 Å². The zero-order valence-electron chi connectivity index (χ0n) is 11.1. The Labute approximate surface area is 115 Å². The molecule has 1 aromatic rings. The molecule has 20 heavy (non-hydrogen) atoms. The van der Waals surface area contributed by atoms with Crippen LogP contribution in [0.25, 0.3) is 0 Å². The third kappa shape index (κ3) is 2.41. The van der Waals surface area contributed by atoms with Crippen molar-refractivity contribution in [3.63, 3.8) is 0 Å². The Kier molecular flexibility index (Phi) is 3.83. The molecule has 1 saturated heterocycles. The maximum atomic E-state index is 11.8. The molecular weight excluding hydrogens is 262 g/mol. The summed E-state index contributed by atoms with van der Waals surface area (Å²) in [7, 11) is 0. The molecule has 0 aromatic heterocycles. The molecule has 2 rings (SSSR count). The van der Waals surface area contributed by atoms with Crippen LogP contribution in [0.1, 0.15) is 25.3 Å². The highest BCUT2D eigenvalue weighted by molar-refractivity contribution is 6.03. The number of esters is 1. The summed E-state index contributed by atoms with van der Waals surface area (Å²) in [4.78, 5) is 34.1. The van der Waals surface area contributed by atoms with E-state index in [1.165, 1.54) is 13.0 Å². The summed E-state index contributed by atoms with van der Waals surface area (Å²) < 4.78 is 4.90. The molecule has 1 fully saturated rings. The van der Waals surface area contributed by atoms with Crippen molar-refractivity contribution in [3.05, 3.63) is 39.9 Å². The number of carbonyl (C=O) groups is 2. The molecule has 0 spiro atoms. The molecule has 1 aromatic carbocycles. The van der Waals surface area contributed by atoms with Gasteiger partial charge in [0.05, 0.1) is 11.5 Å². The van der Waals surface area contributed by atoms with E-state index in [1.807, 2.05) is 0 Å². The number of nitro groups is 1. The summed E-state index contributed by atoms with van der Waals surface area (Å²) in [5, 5.41) is 10.9. The predicted molar refractivity (Wildman–Crippen MR) is 70.1 cm³/mol. The number of ether oxygens (including phenoxy) is 1. The van der Waals surface area contributed by atoms with Crippen LogP contribution in [0.4, 0.5) is 5.69 Å². The molecular formula is C14H15NO5. The first-order valence-electron chi connectivity index (χ1n) is 6.38. The summed E-state index contributed by atoms with van der Waals surface area (Å²) in [6.07, 6.45) is 0.889. The van der Waals surface area contributed by atoms with Gasteiger partial charge in [-0.05, 0) is 19.8 Å². The number of cyclic esters (lactones) is 1. The van der Waals surface area contributed by atoms with Crippen LogP contribution in [0.2, 0.25) is 0 Å². The molecule has 1 unspecified atom stereocenters. The minimum atomic E-state index is -1.14. The van der Waals surface area contributed by atoms with E-state index < -0.39 is 16.3 Å². The number of ketones is 1. The van der Waals surface area contributed by atoms with Crippen LogP contribution in [0.3, 0.4) is 0 Å². The lowest BCUT2D eigenvalue weighted by molar-refractivity contribution is -0.385. The lowest BCUT2D eigenvalue weighted by Gasteiger charge is -2.20. The summed E-state index contributed by atoms with van der Waals surface area (Å²) in [5.41, 5.74) is -0.598. The molecule has 0 radical (unpaired) electrons. The lowest BCUT2D eigenvalue weighted by atomic mass is 9.77. The fourth-order valence-electron chi connectivity index (χ4n) is 2.53. The van der Waals surface area contributed by atoms with Gasteiger partial charge in [0.1, 0.15) is 11.2 Å². The first kappa shape index (κ1) is 14.2. The highest BCUT2D eigenvalue weighted by Gasteiger charge is 2.48. The van der Waals surface area contributed by atoms with Gasteiger partial charge in [-0.3, -0.25) is 19.7 Å². The number of para-hydroxylation sites is 1. The number of benzene rings is 1. The quantitative estimate of drug-likeness (QED) is 0.356. The molecule has 0 saturated carbocycles. The van der Waals surface area contributed by atoms with E-state index in [4.69, 9.17) is 4.74 Å². The molecule has 1 atom stereocenters. The summed E-state index contributed by atoms with van der Waals surface area (Å²) in [6.45, 7) is 1.60. The topological polar surface area (TPSA) is 86.5 Å². The number of nitrogens with zero attached hydrogens (tertiary/aromatic N) is 1. The zero-order valence-corrected chi connectivity index (χ0v) is 11.1. The number of rotatable bonds is 5. The molecule has 0 aliphatic carbocycles. The first-order valence-corrected chi connectivity index (χ1v) is 6.38. The van der Waals surface area contributed by atoms with Crippen molar-refractivity contribution in [3.8, 4) is 0 Å². The van der Waals surface area contributed by atoms with Crippen molar-refractivity contribution >= 4 is 17.4 Å². The van der Waals surface area contributed by atoms with Gasteiger partial charge in [-0.15, -0.1) is 0 Å². The monoisotopic (exact) mass is 277 g/mol. The standard InChI is InChI=1S/C14H15NO5/c1-10(16)14(8-9-20-13(14)17)7-6-11-4-2-3-5-12(11)15(18)19/h2-5H,6-9H2,1H3. The van der Waals surface area contributed by atoms with Crippen LogP contribution in [0.15, 0.2) is 24.3 Å². The second kappa shape index (κ2) is 5.40. The summed E-state index contributed by atoms with van der Waals surface area (Å²) in [5.74, 6) is -0.748. The van der Waals surface area contributed by atoms with Crippen molar-refractivity contribution in [1.82, 2.24) is 0 Å². The SMILES string of the molecule is CC(=O)C1(CCc2ccccc2[N+](=O)[O-])CCOC1=O. The number of hydrogen-bond donors (Lipinski definition) is 0. The van der Waals surface area contributed by atoms with Gasteiger partial charge in [0.15, 0.2) is 0 Å². The predicted octanol–water partition coefficient (Wildman–Crippen LogP) is 2.05. The fraction of sp³-hybridized carbons (Fsp3) is 0.429. The van der Waals surface area contributed by atoms with Gasteiger partial charge < -0.3 is 4.74 Å². The maximum Gasteiger partial charge on any atom is 0.319 e. The summed E-state index contributed by atoms with van der Waals surface area (Å²) >= 11 is 0. The van der Waals surface area contributed by atoms with Gasteiger partial charge in [-0.2, -0.15) is 0 Å².